The number of aliphatic carboxylic acids is 1. The number of aromatic amines is 1. The first-order valence-electron chi connectivity index (χ1n) is 10.9. The van der Waals surface area contributed by atoms with Crippen LogP contribution >= 0.6 is 0 Å². The van der Waals surface area contributed by atoms with Crippen molar-refractivity contribution in [2.24, 2.45) is 5.92 Å². The fraction of sp³-hybridized carbons (Fsp3) is 0.375. The maximum Gasteiger partial charge on any atom is 1.00 e. The smallest absolute Gasteiger partial charge is 1.00 e. The van der Waals surface area contributed by atoms with Gasteiger partial charge in [-0.05, 0) is 34.2 Å². The van der Waals surface area contributed by atoms with Gasteiger partial charge in [-0.3, -0.25) is 4.79 Å². The Morgan fingerprint density at radius 1 is 1.09 bits per heavy atom. The summed E-state index contributed by atoms with van der Waals surface area (Å²) in [5, 5.41) is 24.0. The van der Waals surface area contributed by atoms with Crippen molar-refractivity contribution >= 4 is 11.9 Å². The summed E-state index contributed by atoms with van der Waals surface area (Å²) in [4.78, 5) is 26.3. The molecule has 1 atom stereocenters. The number of carboxylic acid groups (broad SMARTS) is 1. The molecule has 0 aliphatic carbocycles. The fourth-order valence-corrected chi connectivity index (χ4v) is 3.78. The molecule has 0 saturated heterocycles. The Balaban J connectivity index is 0.00000289. The molecule has 0 fully saturated rings. The predicted octanol–water partition coefficient (Wildman–Crippen LogP) is 1.28. The van der Waals surface area contributed by atoms with Crippen LogP contribution in [0.2, 0.25) is 0 Å². The van der Waals surface area contributed by atoms with Gasteiger partial charge in [0.15, 0.2) is 0 Å². The number of unbranched alkanes of at least 4 members (excludes halogenated alkanes) is 1. The third-order valence-electron chi connectivity index (χ3n) is 5.42. The summed E-state index contributed by atoms with van der Waals surface area (Å²) in [6, 6.07) is 14.7. The Labute approximate surface area is 238 Å². The summed E-state index contributed by atoms with van der Waals surface area (Å²) >= 11 is 0. The predicted molar refractivity (Wildman–Crippen MR) is 122 cm³/mol. The van der Waals surface area contributed by atoms with Gasteiger partial charge < -0.3 is 11.4 Å². The Bertz CT molecular complexity index is 1050. The molecule has 33 heavy (non-hydrogen) atoms. The van der Waals surface area contributed by atoms with E-state index in [1.54, 1.807) is 0 Å². The molecule has 0 unspecified atom stereocenters. The third-order valence-corrected chi connectivity index (χ3v) is 5.42. The van der Waals surface area contributed by atoms with Gasteiger partial charge in [-0.2, -0.15) is 5.21 Å². The molecule has 0 spiro atoms. The average molecular weight is 476 g/mol. The first kappa shape index (κ1) is 27.3. The standard InChI is InChI=1S/C24H29N5O3.K.H/c1-4-5-10-21(30)29(22(16(2)3)24(31)32)15-17-11-13-18(14-12-17)19-8-6-7-9-20(19)23-25-27-28-26-23;;/h6-9,11-14,16,22H,4-5,10,15H2,1-3H3,(H,31,32)(H,25,26,27,28);;/q;+1;-1/t22-;;/m0../s1. The molecular weight excluding hydrogens is 445 g/mol. The summed E-state index contributed by atoms with van der Waals surface area (Å²) in [7, 11) is 0. The van der Waals surface area contributed by atoms with E-state index in [1.807, 2.05) is 69.3 Å². The second kappa shape index (κ2) is 13.1. The summed E-state index contributed by atoms with van der Waals surface area (Å²) in [6.45, 7) is 5.93. The van der Waals surface area contributed by atoms with Crippen molar-refractivity contribution in [2.45, 2.75) is 52.6 Å². The molecule has 8 nitrogen and oxygen atoms in total. The molecule has 2 N–H and O–H groups in total. The van der Waals surface area contributed by atoms with Crippen LogP contribution in [0.4, 0.5) is 0 Å². The van der Waals surface area contributed by atoms with Crippen LogP contribution in [-0.4, -0.2) is 48.5 Å². The molecule has 3 aromatic rings. The number of tetrazole rings is 1. The van der Waals surface area contributed by atoms with E-state index < -0.39 is 12.0 Å². The second-order valence-corrected chi connectivity index (χ2v) is 8.13. The first-order chi connectivity index (χ1) is 15.4. The van der Waals surface area contributed by atoms with Crippen molar-refractivity contribution < 1.29 is 67.5 Å². The number of H-pyrrole nitrogens is 1. The van der Waals surface area contributed by atoms with E-state index in [1.165, 1.54) is 4.90 Å². The summed E-state index contributed by atoms with van der Waals surface area (Å²) < 4.78 is 0. The molecule has 0 radical (unpaired) electrons. The van der Waals surface area contributed by atoms with Gasteiger partial charge in [-0.15, -0.1) is 10.2 Å². The number of amides is 1. The normalized spacial score (nSPS) is 11.6. The van der Waals surface area contributed by atoms with Gasteiger partial charge in [0.1, 0.15) is 6.04 Å². The van der Waals surface area contributed by atoms with Crippen LogP contribution in [0, 0.1) is 5.92 Å². The number of carbonyl (C=O) groups is 2. The minimum Gasteiger partial charge on any atom is -1.00 e. The van der Waals surface area contributed by atoms with Crippen molar-refractivity contribution in [1.29, 1.82) is 0 Å². The van der Waals surface area contributed by atoms with Gasteiger partial charge in [0.2, 0.25) is 11.7 Å². The number of hydrogen-bond acceptors (Lipinski definition) is 5. The number of hydrogen-bond donors (Lipinski definition) is 2. The number of benzene rings is 2. The molecule has 3 rings (SSSR count). The number of nitrogens with zero attached hydrogens (tertiary/aromatic N) is 4. The van der Waals surface area contributed by atoms with E-state index in [2.05, 4.69) is 20.6 Å². The van der Waals surface area contributed by atoms with E-state index in [0.29, 0.717) is 12.2 Å². The quantitative estimate of drug-likeness (QED) is 0.427. The van der Waals surface area contributed by atoms with Gasteiger partial charge in [0.05, 0.1) is 0 Å². The van der Waals surface area contributed by atoms with Crippen molar-refractivity contribution in [3.63, 3.8) is 0 Å². The van der Waals surface area contributed by atoms with Crippen molar-refractivity contribution in [2.75, 3.05) is 0 Å². The van der Waals surface area contributed by atoms with Crippen LogP contribution in [0.25, 0.3) is 22.5 Å². The van der Waals surface area contributed by atoms with Gasteiger partial charge in [-0.25, -0.2) is 4.79 Å². The van der Waals surface area contributed by atoms with Gasteiger partial charge >= 0.3 is 57.4 Å². The van der Waals surface area contributed by atoms with Crippen LogP contribution in [0.1, 0.15) is 47.0 Å². The van der Waals surface area contributed by atoms with Gasteiger partial charge in [0, 0.05) is 18.5 Å². The Kier molecular flexibility index (Phi) is 10.8. The second-order valence-electron chi connectivity index (χ2n) is 8.13. The summed E-state index contributed by atoms with van der Waals surface area (Å²) in [6.07, 6.45) is 1.97. The zero-order valence-corrected chi connectivity index (χ0v) is 22.8. The maximum absolute atomic E-state index is 12.9. The summed E-state index contributed by atoms with van der Waals surface area (Å²) in [5.74, 6) is -0.784. The van der Waals surface area contributed by atoms with Crippen molar-refractivity contribution in [3.8, 4) is 22.5 Å². The minimum atomic E-state index is -0.976. The molecule has 1 heterocycles. The molecule has 1 amide bonds. The molecule has 1 aromatic heterocycles. The van der Waals surface area contributed by atoms with Crippen LogP contribution in [0.3, 0.4) is 0 Å². The zero-order chi connectivity index (χ0) is 23.1. The maximum atomic E-state index is 12.9. The monoisotopic (exact) mass is 475 g/mol. The van der Waals surface area contributed by atoms with Crippen molar-refractivity contribution in [1.82, 2.24) is 25.5 Å². The van der Waals surface area contributed by atoms with Crippen molar-refractivity contribution in [3.05, 3.63) is 54.1 Å². The first-order valence-corrected chi connectivity index (χ1v) is 10.9. The van der Waals surface area contributed by atoms with Crippen LogP contribution in [0.15, 0.2) is 48.5 Å². The fourth-order valence-electron chi connectivity index (χ4n) is 3.78. The summed E-state index contributed by atoms with van der Waals surface area (Å²) in [5.41, 5.74) is 3.66. The molecule has 0 saturated carbocycles. The van der Waals surface area contributed by atoms with Crippen LogP contribution in [0.5, 0.6) is 0 Å². The number of nitrogens with one attached hydrogen (secondary N) is 1. The molecule has 9 heteroatoms. The van der Waals surface area contributed by atoms with Gasteiger partial charge in [0.25, 0.3) is 0 Å². The largest absolute Gasteiger partial charge is 1.00 e. The topological polar surface area (TPSA) is 112 Å². The van der Waals surface area contributed by atoms with Gasteiger partial charge in [-0.1, -0.05) is 75.7 Å². The SMILES string of the molecule is CCCCC(=O)N(Cc1ccc(-c2ccccc2-c2nn[nH]n2)cc1)[C@H](C(=O)O)C(C)C.[H-].[K+]. The molecule has 0 bridgehead atoms. The van der Waals surface area contributed by atoms with E-state index in [4.69, 9.17) is 0 Å². The average Bonchev–Trinajstić information content (AvgIpc) is 3.32. The molecule has 170 valence electrons. The Morgan fingerprint density at radius 2 is 1.76 bits per heavy atom. The van der Waals surface area contributed by atoms with Crippen LogP contribution in [-0.2, 0) is 16.1 Å². The third kappa shape index (κ3) is 7.03. The minimum absolute atomic E-state index is 0. The number of carbonyl (C=O) groups excluding carboxylic acids is 1. The van der Waals surface area contributed by atoms with E-state index >= 15 is 0 Å². The van der Waals surface area contributed by atoms with E-state index in [9.17, 15) is 14.7 Å². The number of carboxylic acids is 1. The van der Waals surface area contributed by atoms with E-state index in [0.717, 1.165) is 35.1 Å². The molecule has 2 aromatic carbocycles. The zero-order valence-electron chi connectivity index (χ0n) is 20.7. The molecular formula is C24H30KN5O3. The number of rotatable bonds is 10. The molecule has 0 aliphatic heterocycles. The number of aromatic nitrogens is 4. The van der Waals surface area contributed by atoms with E-state index in [-0.39, 0.29) is 71.2 Å². The Hall–Kier alpha value is -1.91. The van der Waals surface area contributed by atoms with Crippen LogP contribution < -0.4 is 51.4 Å². The molecule has 0 aliphatic rings. The Morgan fingerprint density at radius 3 is 2.30 bits per heavy atom.